The standard InChI is InChI=1S/C18H34N3O3P.C14H23NO4.C9H17NO2.C8H15NO3.CH3Cl/c1-7-16-17(10-12-20(16)18(22)8-2)24-25(23-13-9-11-19)21(14(3)4)15(5)6;1-4-11-12(8-9-15(11)13(17)5-2)19-14(18)7-6-10(3)16;1-3-7-8(11)5-6-10(7)9(12)4-2;1-2-8(12)9-4-3-7(11)6(9)5-10;1-2/h14-17H,7-10,12-13H2,1-6H3;11-12H,4-9H2,1-3H3;7-8,11H,3-6H2,1-2H3;6-7,10-11H,2-5H2,1H3;1H3/t16-,17+,25?;11-,12+;7-,8+;6-,7-;/m0000./s1. The smallest absolute Gasteiger partial charge is 0.306 e. The van der Waals surface area contributed by atoms with Crippen LogP contribution in [0.2, 0.25) is 0 Å². The molecule has 0 bridgehead atoms. The third-order valence-corrected chi connectivity index (χ3v) is 14.9. The Labute approximate surface area is 427 Å². The van der Waals surface area contributed by atoms with Crippen molar-refractivity contribution in [3.05, 3.63) is 0 Å². The van der Waals surface area contributed by atoms with Crippen LogP contribution >= 0.6 is 20.1 Å². The zero-order valence-electron chi connectivity index (χ0n) is 44.9. The Kier molecular flexibility index (Phi) is 35.2. The first kappa shape index (κ1) is 67.0. The Morgan fingerprint density at radius 2 is 1.03 bits per heavy atom. The number of ether oxygens (including phenoxy) is 1. The number of hydrogen-bond donors (Lipinski definition) is 3. The molecule has 4 heterocycles. The summed E-state index contributed by atoms with van der Waals surface area (Å²) in [4.78, 5) is 76.1. The Balaban J connectivity index is 0.000000936. The van der Waals surface area contributed by atoms with Gasteiger partial charge in [-0.2, -0.15) is 5.26 Å². The van der Waals surface area contributed by atoms with E-state index < -0.39 is 14.6 Å². The van der Waals surface area contributed by atoms with E-state index in [2.05, 4.69) is 57.0 Å². The third kappa shape index (κ3) is 21.6. The number of aliphatic hydroxyl groups excluding tert-OH is 3. The summed E-state index contributed by atoms with van der Waals surface area (Å²) in [5.41, 5.74) is 0. The second-order valence-electron chi connectivity index (χ2n) is 18.1. The van der Waals surface area contributed by atoms with Crippen molar-refractivity contribution in [3.63, 3.8) is 0 Å². The average Bonchev–Trinajstić information content (AvgIpc) is 4.15. The van der Waals surface area contributed by atoms with Crippen LogP contribution in [0.4, 0.5) is 0 Å². The lowest BCUT2D eigenvalue weighted by molar-refractivity contribution is -0.152. The normalized spacial score (nSPS) is 24.1. The molecule has 0 radical (unpaired) electrons. The topological polar surface area (TPSA) is 231 Å². The number of halogens is 1. The first-order valence-electron chi connectivity index (χ1n) is 25.7. The van der Waals surface area contributed by atoms with Crippen molar-refractivity contribution in [1.82, 2.24) is 24.3 Å². The summed E-state index contributed by atoms with van der Waals surface area (Å²) in [6.07, 6.45) is 8.44. The molecule has 4 rings (SSSR count). The zero-order chi connectivity index (χ0) is 53.7. The molecular formula is C50H92ClN6O12P. The summed E-state index contributed by atoms with van der Waals surface area (Å²) in [5.74, 6) is 0.109. The number of aliphatic hydroxyl groups is 3. The highest BCUT2D eigenvalue weighted by Crippen LogP contribution is 2.49. The van der Waals surface area contributed by atoms with E-state index in [1.807, 2.05) is 49.3 Å². The molecule has 4 aliphatic heterocycles. The molecule has 9 atom stereocenters. The van der Waals surface area contributed by atoms with E-state index >= 15 is 0 Å². The van der Waals surface area contributed by atoms with Gasteiger partial charge in [-0.25, -0.2) is 4.67 Å². The molecule has 4 amide bonds. The number of amides is 4. The van der Waals surface area contributed by atoms with Crippen LogP contribution in [0.25, 0.3) is 0 Å². The van der Waals surface area contributed by atoms with Gasteiger partial charge in [0.05, 0.1) is 74.6 Å². The van der Waals surface area contributed by atoms with E-state index in [9.17, 15) is 39.0 Å². The number of hydrogen-bond acceptors (Lipinski definition) is 14. The van der Waals surface area contributed by atoms with Gasteiger partial charge in [-0.15, -0.1) is 11.6 Å². The van der Waals surface area contributed by atoms with Crippen molar-refractivity contribution in [1.29, 1.82) is 5.26 Å². The molecule has 4 saturated heterocycles. The number of carbonyl (C=O) groups excluding carboxylic acids is 6. The highest BCUT2D eigenvalue weighted by atomic mass is 35.5. The minimum Gasteiger partial charge on any atom is -0.460 e. The molecule has 0 saturated carbocycles. The molecule has 1 unspecified atom stereocenters. The molecule has 0 aliphatic carbocycles. The molecular weight excluding hydrogens is 943 g/mol. The third-order valence-electron chi connectivity index (χ3n) is 12.8. The largest absolute Gasteiger partial charge is 0.460 e. The monoisotopic (exact) mass is 1030 g/mol. The van der Waals surface area contributed by atoms with E-state index in [1.54, 1.807) is 11.8 Å². The van der Waals surface area contributed by atoms with Gasteiger partial charge in [0.15, 0.2) is 0 Å². The van der Waals surface area contributed by atoms with Gasteiger partial charge in [-0.05, 0) is 73.1 Å². The zero-order valence-corrected chi connectivity index (χ0v) is 46.6. The summed E-state index contributed by atoms with van der Waals surface area (Å²) in [6, 6.07) is 2.46. The molecule has 4 aliphatic rings. The van der Waals surface area contributed by atoms with Crippen LogP contribution in [0.3, 0.4) is 0 Å². The van der Waals surface area contributed by atoms with Gasteiger partial charge in [0.25, 0.3) is 8.53 Å². The summed E-state index contributed by atoms with van der Waals surface area (Å²) in [5, 5.41) is 36.6. The maximum Gasteiger partial charge on any atom is 0.306 e. The van der Waals surface area contributed by atoms with Gasteiger partial charge < -0.3 is 53.5 Å². The quantitative estimate of drug-likeness (QED) is 0.0497. The van der Waals surface area contributed by atoms with Crippen molar-refractivity contribution in [2.75, 3.05) is 45.8 Å². The second-order valence-corrected chi connectivity index (χ2v) is 19.6. The van der Waals surface area contributed by atoms with Gasteiger partial charge >= 0.3 is 5.97 Å². The van der Waals surface area contributed by atoms with E-state index in [1.165, 1.54) is 13.3 Å². The molecule has 70 heavy (non-hydrogen) atoms. The van der Waals surface area contributed by atoms with Crippen LogP contribution in [-0.4, -0.2) is 181 Å². The summed E-state index contributed by atoms with van der Waals surface area (Å²) in [6.45, 7) is 26.4. The van der Waals surface area contributed by atoms with Gasteiger partial charge in [0, 0.05) is 83.2 Å². The van der Waals surface area contributed by atoms with Gasteiger partial charge in [0.1, 0.15) is 11.9 Å². The van der Waals surface area contributed by atoms with Crippen LogP contribution in [0.1, 0.15) is 173 Å². The number of likely N-dealkylation sites (tertiary alicyclic amines) is 4. The number of ketones is 1. The first-order valence-corrected chi connectivity index (χ1v) is 27.6. The van der Waals surface area contributed by atoms with Crippen LogP contribution in [0.15, 0.2) is 0 Å². The predicted molar refractivity (Wildman–Crippen MR) is 273 cm³/mol. The van der Waals surface area contributed by atoms with Crippen LogP contribution in [0.5, 0.6) is 0 Å². The van der Waals surface area contributed by atoms with E-state index in [0.29, 0.717) is 64.6 Å². The minimum absolute atomic E-state index is 0.00519. The fraction of sp³-hybridized carbons (Fsp3) is 0.860. The fourth-order valence-corrected chi connectivity index (χ4v) is 11.0. The van der Waals surface area contributed by atoms with Crippen LogP contribution < -0.4 is 0 Å². The Bertz CT molecular complexity index is 1550. The van der Waals surface area contributed by atoms with Crippen molar-refractivity contribution in [2.45, 2.75) is 234 Å². The van der Waals surface area contributed by atoms with Gasteiger partial charge in [-0.3, -0.25) is 24.0 Å². The fourth-order valence-electron chi connectivity index (χ4n) is 9.23. The maximum atomic E-state index is 12.2. The lowest BCUT2D eigenvalue weighted by Crippen LogP contribution is -2.41. The molecule has 406 valence electrons. The highest BCUT2D eigenvalue weighted by molar-refractivity contribution is 7.44. The molecule has 20 heteroatoms. The molecule has 0 aromatic rings. The van der Waals surface area contributed by atoms with Crippen LogP contribution in [-0.2, 0) is 42.6 Å². The van der Waals surface area contributed by atoms with E-state index in [-0.39, 0.29) is 109 Å². The Morgan fingerprint density at radius 3 is 1.41 bits per heavy atom. The first-order chi connectivity index (χ1) is 33.3. The Morgan fingerprint density at radius 1 is 0.643 bits per heavy atom. The highest BCUT2D eigenvalue weighted by Gasteiger charge is 2.41. The predicted octanol–water partition coefficient (Wildman–Crippen LogP) is 6.73. The number of esters is 1. The molecule has 0 aromatic heterocycles. The van der Waals surface area contributed by atoms with E-state index in [0.717, 1.165) is 45.2 Å². The molecule has 18 nitrogen and oxygen atoms in total. The number of alkyl halides is 1. The molecule has 3 N–H and O–H groups in total. The number of rotatable bonds is 20. The molecule has 0 spiro atoms. The number of carbonyl (C=O) groups is 6. The second kappa shape index (κ2) is 36.8. The SMILES string of the molecule is CCC(=O)N1CC[C@@H](O)[C@@H]1CC.CCC(=O)N1CC[C@@H](OC(=O)CCC(C)=O)[C@@H]1CC.CCC(=O)N1CC[C@@H](OP(OCCC#N)N(C(C)C)C(C)C)[C@@H]1CC.CCC(=O)N1CC[C@H](O)[C@@H]1CO.CCl. The average molecular weight is 1040 g/mol. The van der Waals surface area contributed by atoms with Gasteiger partial charge in [0.2, 0.25) is 23.6 Å². The number of nitrogens with zero attached hydrogens (tertiary/aromatic N) is 6. The van der Waals surface area contributed by atoms with Crippen molar-refractivity contribution < 1.29 is 57.9 Å². The molecule has 0 aromatic carbocycles. The van der Waals surface area contributed by atoms with Crippen molar-refractivity contribution in [2.24, 2.45) is 0 Å². The van der Waals surface area contributed by atoms with Crippen molar-refractivity contribution in [3.8, 4) is 6.07 Å². The number of Topliss-reactive ketones (excluding diaryl/α,β-unsaturated/α-hetero) is 1. The lowest BCUT2D eigenvalue weighted by Gasteiger charge is -2.38. The van der Waals surface area contributed by atoms with E-state index in [4.69, 9.17) is 24.2 Å². The summed E-state index contributed by atoms with van der Waals surface area (Å²) in [7, 11) is -1.26. The summed E-state index contributed by atoms with van der Waals surface area (Å²) < 4.78 is 20.1. The van der Waals surface area contributed by atoms with Gasteiger partial charge in [-0.1, -0.05) is 48.5 Å². The maximum absolute atomic E-state index is 12.2. The minimum atomic E-state index is -1.26. The van der Waals surface area contributed by atoms with Crippen LogP contribution in [0, 0.1) is 11.3 Å². The molecule has 4 fully saturated rings. The van der Waals surface area contributed by atoms with Crippen molar-refractivity contribution >= 4 is 55.5 Å². The summed E-state index contributed by atoms with van der Waals surface area (Å²) >= 11 is 4.64. The Hall–Kier alpha value is -3.01. The number of nitriles is 1. The lowest BCUT2D eigenvalue weighted by atomic mass is 10.1.